The summed E-state index contributed by atoms with van der Waals surface area (Å²) in [4.78, 5) is 11.8. The molecule has 0 N–H and O–H groups in total. The van der Waals surface area contributed by atoms with Crippen LogP contribution in [-0.4, -0.2) is 25.6 Å². The van der Waals surface area contributed by atoms with Crippen molar-refractivity contribution in [3.05, 3.63) is 24.4 Å². The van der Waals surface area contributed by atoms with Crippen LogP contribution in [0.3, 0.4) is 0 Å². The number of fused-ring (bicyclic) bond motifs is 1. The molecule has 4 nitrogen and oxygen atoms in total. The molecule has 1 aliphatic carbocycles. The summed E-state index contributed by atoms with van der Waals surface area (Å²) in [5, 5.41) is 9.12. The Bertz CT molecular complexity index is 551. The highest BCUT2D eigenvalue weighted by Gasteiger charge is 2.24. The number of hydrogen-bond acceptors (Lipinski definition) is 4. The smallest absolute Gasteiger partial charge is 0.196 e. The molecule has 0 unspecified atom stereocenters. The largest absolute Gasteiger partial charge is 0.298 e. The first-order valence-electron chi connectivity index (χ1n) is 5.84. The van der Waals surface area contributed by atoms with E-state index >= 15 is 0 Å². The molecule has 0 spiro atoms. The maximum Gasteiger partial charge on any atom is 0.196 e. The van der Waals surface area contributed by atoms with E-state index < -0.39 is 0 Å². The summed E-state index contributed by atoms with van der Waals surface area (Å²) in [5.74, 6) is 0.355. The van der Waals surface area contributed by atoms with Gasteiger partial charge in [0.1, 0.15) is 5.78 Å². The highest BCUT2D eigenvalue weighted by molar-refractivity contribution is 8.00. The average molecular weight is 247 g/mol. The lowest BCUT2D eigenvalue weighted by Gasteiger charge is -2.18. The summed E-state index contributed by atoms with van der Waals surface area (Å²) in [6, 6.07) is 5.80. The molecule has 1 fully saturated rings. The molecule has 0 aromatic carbocycles. The lowest BCUT2D eigenvalue weighted by molar-refractivity contribution is -0.119. The van der Waals surface area contributed by atoms with Crippen molar-refractivity contribution in [2.75, 3.05) is 0 Å². The minimum absolute atomic E-state index is 0.0661. The number of thioether (sulfide) groups is 1. The fourth-order valence-electron chi connectivity index (χ4n) is 2.10. The zero-order chi connectivity index (χ0) is 11.7. The second-order valence-electron chi connectivity index (χ2n) is 4.23. The quantitative estimate of drug-likeness (QED) is 0.817. The maximum absolute atomic E-state index is 11.8. The summed E-state index contributed by atoms with van der Waals surface area (Å²) in [6.45, 7) is 0. The van der Waals surface area contributed by atoms with Gasteiger partial charge in [0.2, 0.25) is 0 Å². The van der Waals surface area contributed by atoms with Gasteiger partial charge in [-0.1, -0.05) is 24.2 Å². The molecule has 1 atom stereocenters. The van der Waals surface area contributed by atoms with Crippen molar-refractivity contribution < 1.29 is 4.79 Å². The minimum atomic E-state index is 0.0661. The molecule has 3 rings (SSSR count). The summed E-state index contributed by atoms with van der Waals surface area (Å²) < 4.78 is 1.94. The van der Waals surface area contributed by atoms with Crippen molar-refractivity contribution in [3.63, 3.8) is 0 Å². The monoisotopic (exact) mass is 247 g/mol. The number of pyridine rings is 1. The highest BCUT2D eigenvalue weighted by atomic mass is 32.2. The van der Waals surface area contributed by atoms with Crippen LogP contribution in [0.4, 0.5) is 0 Å². The third-order valence-corrected chi connectivity index (χ3v) is 4.30. The second kappa shape index (κ2) is 4.49. The van der Waals surface area contributed by atoms with E-state index in [-0.39, 0.29) is 5.25 Å². The van der Waals surface area contributed by atoms with Gasteiger partial charge in [-0.3, -0.25) is 9.20 Å². The molecule has 0 amide bonds. The van der Waals surface area contributed by atoms with Gasteiger partial charge in [-0.25, -0.2) is 0 Å². The van der Waals surface area contributed by atoms with E-state index in [1.807, 2.05) is 28.8 Å². The van der Waals surface area contributed by atoms with Crippen molar-refractivity contribution in [3.8, 4) is 0 Å². The molecule has 0 aliphatic heterocycles. The van der Waals surface area contributed by atoms with Crippen LogP contribution in [0.1, 0.15) is 25.7 Å². The molecule has 2 aromatic rings. The van der Waals surface area contributed by atoms with Gasteiger partial charge in [0.25, 0.3) is 0 Å². The SMILES string of the molecule is O=C1CCCC[C@@H]1Sc1nnc2ccccn12. The van der Waals surface area contributed by atoms with Crippen LogP contribution in [0.25, 0.3) is 5.65 Å². The van der Waals surface area contributed by atoms with E-state index in [0.717, 1.165) is 30.1 Å². The Kier molecular flexibility index (Phi) is 2.84. The first-order chi connectivity index (χ1) is 8.34. The minimum Gasteiger partial charge on any atom is -0.298 e. The van der Waals surface area contributed by atoms with Crippen LogP contribution in [0, 0.1) is 0 Å². The van der Waals surface area contributed by atoms with Gasteiger partial charge >= 0.3 is 0 Å². The van der Waals surface area contributed by atoms with Gasteiger partial charge < -0.3 is 0 Å². The second-order valence-corrected chi connectivity index (χ2v) is 5.40. The third kappa shape index (κ3) is 2.07. The van der Waals surface area contributed by atoms with E-state index in [1.54, 1.807) is 11.8 Å². The first-order valence-corrected chi connectivity index (χ1v) is 6.72. The summed E-state index contributed by atoms with van der Waals surface area (Å²) in [6.07, 6.45) is 5.79. The van der Waals surface area contributed by atoms with Crippen LogP contribution in [0.2, 0.25) is 0 Å². The number of rotatable bonds is 2. The topological polar surface area (TPSA) is 47.3 Å². The molecule has 1 saturated carbocycles. The third-order valence-electron chi connectivity index (χ3n) is 3.03. The fraction of sp³-hybridized carbons (Fsp3) is 0.417. The van der Waals surface area contributed by atoms with E-state index in [9.17, 15) is 4.79 Å². The number of ketones is 1. The van der Waals surface area contributed by atoms with E-state index in [4.69, 9.17) is 0 Å². The zero-order valence-electron chi connectivity index (χ0n) is 9.37. The Labute approximate surface area is 103 Å². The van der Waals surface area contributed by atoms with Crippen molar-refractivity contribution >= 4 is 23.2 Å². The van der Waals surface area contributed by atoms with Crippen molar-refractivity contribution in [2.24, 2.45) is 0 Å². The number of carbonyl (C=O) groups excluding carboxylic acids is 1. The van der Waals surface area contributed by atoms with Crippen LogP contribution >= 0.6 is 11.8 Å². The molecule has 2 aromatic heterocycles. The molecule has 0 radical (unpaired) electrons. The highest BCUT2D eigenvalue weighted by Crippen LogP contribution is 2.30. The molecule has 2 heterocycles. The zero-order valence-corrected chi connectivity index (χ0v) is 10.2. The number of aromatic nitrogens is 3. The predicted octanol–water partition coefficient (Wildman–Crippen LogP) is 2.33. The average Bonchev–Trinajstić information content (AvgIpc) is 2.76. The van der Waals surface area contributed by atoms with Gasteiger partial charge in [0, 0.05) is 12.6 Å². The molecule has 0 saturated heterocycles. The Morgan fingerprint density at radius 3 is 3.12 bits per heavy atom. The van der Waals surface area contributed by atoms with Crippen molar-refractivity contribution in [1.29, 1.82) is 0 Å². The summed E-state index contributed by atoms with van der Waals surface area (Å²) in [5.41, 5.74) is 0.832. The lowest BCUT2D eigenvalue weighted by Crippen LogP contribution is -2.21. The van der Waals surface area contributed by atoms with Gasteiger partial charge in [-0.05, 0) is 25.0 Å². The molecule has 17 heavy (non-hydrogen) atoms. The number of nitrogens with zero attached hydrogens (tertiary/aromatic N) is 3. The number of hydrogen-bond donors (Lipinski definition) is 0. The van der Waals surface area contributed by atoms with Crippen LogP contribution < -0.4 is 0 Å². The van der Waals surface area contributed by atoms with Gasteiger partial charge in [0.15, 0.2) is 10.8 Å². The Morgan fingerprint density at radius 2 is 2.24 bits per heavy atom. The van der Waals surface area contributed by atoms with Crippen LogP contribution in [0.5, 0.6) is 0 Å². The molecule has 5 heteroatoms. The van der Waals surface area contributed by atoms with Crippen LogP contribution in [0.15, 0.2) is 29.6 Å². The van der Waals surface area contributed by atoms with E-state index in [0.29, 0.717) is 12.2 Å². The maximum atomic E-state index is 11.8. The summed E-state index contributed by atoms with van der Waals surface area (Å²) in [7, 11) is 0. The number of carbonyl (C=O) groups is 1. The van der Waals surface area contributed by atoms with E-state index in [2.05, 4.69) is 10.2 Å². The molecule has 0 bridgehead atoms. The lowest BCUT2D eigenvalue weighted by atomic mass is 9.99. The van der Waals surface area contributed by atoms with Crippen molar-refractivity contribution in [2.45, 2.75) is 36.1 Å². The normalized spacial score (nSPS) is 20.9. The first kappa shape index (κ1) is 10.8. The predicted molar refractivity (Wildman–Crippen MR) is 66.1 cm³/mol. The Morgan fingerprint density at radius 1 is 1.29 bits per heavy atom. The van der Waals surface area contributed by atoms with E-state index in [1.165, 1.54) is 0 Å². The summed E-state index contributed by atoms with van der Waals surface area (Å²) >= 11 is 1.55. The molecule has 1 aliphatic rings. The van der Waals surface area contributed by atoms with Gasteiger partial charge in [-0.15, -0.1) is 10.2 Å². The molecule has 88 valence electrons. The van der Waals surface area contributed by atoms with Gasteiger partial charge in [-0.2, -0.15) is 0 Å². The number of Topliss-reactive ketones (excluding diaryl/α,β-unsaturated/α-hetero) is 1. The Hall–Kier alpha value is -1.36. The van der Waals surface area contributed by atoms with Crippen molar-refractivity contribution in [1.82, 2.24) is 14.6 Å². The standard InChI is InChI=1S/C12H13N3OS/c16-9-5-1-2-6-10(9)17-12-14-13-11-7-3-4-8-15(11)12/h3-4,7-8,10H,1-2,5-6H2/t10-/m0/s1. The molecular formula is C12H13N3OS. The fourth-order valence-corrected chi connectivity index (χ4v) is 3.25. The Balaban J connectivity index is 1.87. The van der Waals surface area contributed by atoms with Crippen LogP contribution in [-0.2, 0) is 4.79 Å². The molecular weight excluding hydrogens is 234 g/mol. The van der Waals surface area contributed by atoms with Gasteiger partial charge in [0.05, 0.1) is 5.25 Å².